The Morgan fingerprint density at radius 3 is 2.67 bits per heavy atom. The molecule has 0 amide bonds. The third-order valence-electron chi connectivity index (χ3n) is 2.59. The van der Waals surface area contributed by atoms with Gasteiger partial charge in [0.2, 0.25) is 0 Å². The lowest BCUT2D eigenvalue weighted by molar-refractivity contribution is -0.127. The summed E-state index contributed by atoms with van der Waals surface area (Å²) in [5, 5.41) is 0. The summed E-state index contributed by atoms with van der Waals surface area (Å²) in [6.45, 7) is 0.125. The minimum absolute atomic E-state index is 0.0466. The predicted octanol–water partition coefficient (Wildman–Crippen LogP) is 0.830. The number of carbonyl (C=O) groups is 1. The molecule has 0 radical (unpaired) electrons. The number of hydrogen-bond acceptors (Lipinski definition) is 5. The summed E-state index contributed by atoms with van der Waals surface area (Å²) in [6, 6.07) is 7.07. The Morgan fingerprint density at radius 2 is 2.00 bits per heavy atom. The number of fused-ring (bicyclic) bond motifs is 1. The number of carbonyl (C=O) groups excluding carboxylic acids is 1. The largest absolute Gasteiger partial charge is 0.485 e. The Hall–Kier alpha value is -1.56. The van der Waals surface area contributed by atoms with Gasteiger partial charge >= 0.3 is 0 Å². The fourth-order valence-corrected chi connectivity index (χ4v) is 2.20. The van der Waals surface area contributed by atoms with Crippen LogP contribution in [0.15, 0.2) is 24.3 Å². The molecule has 0 aliphatic carbocycles. The van der Waals surface area contributed by atoms with Gasteiger partial charge in [-0.05, 0) is 12.1 Å². The van der Waals surface area contributed by atoms with E-state index in [1.54, 1.807) is 18.2 Å². The van der Waals surface area contributed by atoms with Gasteiger partial charge in [-0.15, -0.1) is 0 Å². The number of Topliss-reactive ketones (excluding diaryl/α,β-unsaturated/α-hetero) is 1. The Balaban J connectivity index is 1.99. The van der Waals surface area contributed by atoms with Crippen LogP contribution in [0.25, 0.3) is 0 Å². The first-order valence-corrected chi connectivity index (χ1v) is 7.61. The second-order valence-electron chi connectivity index (χ2n) is 4.21. The zero-order valence-corrected chi connectivity index (χ0v) is 10.8. The molecule has 1 aliphatic heterocycles. The van der Waals surface area contributed by atoms with E-state index in [-0.39, 0.29) is 24.6 Å². The molecule has 1 aromatic carbocycles. The van der Waals surface area contributed by atoms with Crippen molar-refractivity contribution in [2.75, 3.05) is 18.6 Å². The van der Waals surface area contributed by atoms with Gasteiger partial charge in [0.05, 0.1) is 5.75 Å². The highest BCUT2D eigenvalue weighted by Gasteiger charge is 2.27. The molecule has 1 heterocycles. The maximum Gasteiger partial charge on any atom is 0.190 e. The van der Waals surface area contributed by atoms with Crippen molar-refractivity contribution in [3.63, 3.8) is 0 Å². The van der Waals surface area contributed by atoms with Crippen molar-refractivity contribution in [1.82, 2.24) is 0 Å². The lowest BCUT2D eigenvalue weighted by atomic mass is 10.1. The van der Waals surface area contributed by atoms with Crippen LogP contribution in [0.3, 0.4) is 0 Å². The van der Waals surface area contributed by atoms with Gasteiger partial charge < -0.3 is 9.47 Å². The summed E-state index contributed by atoms with van der Waals surface area (Å²) in [4.78, 5) is 11.8. The summed E-state index contributed by atoms with van der Waals surface area (Å²) < 4.78 is 32.9. The van der Waals surface area contributed by atoms with Crippen molar-refractivity contribution < 1.29 is 22.7 Å². The number of ketones is 1. The van der Waals surface area contributed by atoms with Crippen molar-refractivity contribution in [2.24, 2.45) is 0 Å². The van der Waals surface area contributed by atoms with E-state index in [2.05, 4.69) is 0 Å². The van der Waals surface area contributed by atoms with Gasteiger partial charge in [-0.1, -0.05) is 12.1 Å². The summed E-state index contributed by atoms with van der Waals surface area (Å²) in [6.07, 6.45) is 0.338. The second-order valence-corrected chi connectivity index (χ2v) is 6.47. The molecule has 98 valence electrons. The maximum atomic E-state index is 11.8. The monoisotopic (exact) mass is 270 g/mol. The third kappa shape index (κ3) is 3.22. The van der Waals surface area contributed by atoms with E-state index in [0.29, 0.717) is 11.5 Å². The van der Waals surface area contributed by atoms with Gasteiger partial charge in [0.1, 0.15) is 16.4 Å². The van der Waals surface area contributed by atoms with Crippen molar-refractivity contribution in [2.45, 2.75) is 12.5 Å². The van der Waals surface area contributed by atoms with E-state index in [1.165, 1.54) is 0 Å². The molecule has 0 saturated carbocycles. The van der Waals surface area contributed by atoms with Crippen molar-refractivity contribution in [1.29, 1.82) is 0 Å². The highest BCUT2D eigenvalue weighted by atomic mass is 32.2. The Kier molecular flexibility index (Phi) is 3.56. The molecule has 0 spiro atoms. The molecule has 5 nitrogen and oxygen atoms in total. The van der Waals surface area contributed by atoms with Gasteiger partial charge in [-0.25, -0.2) is 8.42 Å². The Labute approximate surface area is 106 Å². The summed E-state index contributed by atoms with van der Waals surface area (Å²) >= 11 is 0. The third-order valence-corrected chi connectivity index (χ3v) is 3.53. The summed E-state index contributed by atoms with van der Waals surface area (Å²) in [5.41, 5.74) is 0. The Bertz CT molecular complexity index is 549. The number of hydrogen-bond donors (Lipinski definition) is 0. The molecule has 2 rings (SSSR count). The van der Waals surface area contributed by atoms with Crippen LogP contribution in [0.2, 0.25) is 0 Å². The van der Waals surface area contributed by atoms with Gasteiger partial charge in [-0.2, -0.15) is 0 Å². The molecule has 6 heteroatoms. The number of benzene rings is 1. The molecule has 1 aliphatic rings. The highest BCUT2D eigenvalue weighted by molar-refractivity contribution is 7.90. The van der Waals surface area contributed by atoms with Crippen LogP contribution in [0.1, 0.15) is 6.42 Å². The average Bonchev–Trinajstić information content (AvgIpc) is 2.34. The maximum absolute atomic E-state index is 11.8. The van der Waals surface area contributed by atoms with E-state index in [9.17, 15) is 13.2 Å². The molecule has 1 unspecified atom stereocenters. The SMILES string of the molecule is CS(=O)(=O)CCC(=O)C1COc2ccccc2O1. The lowest BCUT2D eigenvalue weighted by Gasteiger charge is -2.25. The molecule has 18 heavy (non-hydrogen) atoms. The van der Waals surface area contributed by atoms with Gasteiger partial charge in [0, 0.05) is 12.7 Å². The predicted molar refractivity (Wildman–Crippen MR) is 65.7 cm³/mol. The first-order chi connectivity index (χ1) is 8.46. The van der Waals surface area contributed by atoms with Gasteiger partial charge in [0.25, 0.3) is 0 Å². The average molecular weight is 270 g/mol. The van der Waals surface area contributed by atoms with E-state index in [0.717, 1.165) is 6.26 Å². The minimum atomic E-state index is -3.14. The topological polar surface area (TPSA) is 69.7 Å². The fraction of sp³-hybridized carbons (Fsp3) is 0.417. The molecule has 1 aromatic rings. The summed E-state index contributed by atoms with van der Waals surface area (Å²) in [5.74, 6) is 0.703. The molecule has 1 atom stereocenters. The number of rotatable bonds is 4. The fourth-order valence-electron chi connectivity index (χ4n) is 1.63. The first kappa shape index (κ1) is 12.9. The van der Waals surface area contributed by atoms with E-state index in [1.807, 2.05) is 6.07 Å². The van der Waals surface area contributed by atoms with Crippen molar-refractivity contribution in [3.8, 4) is 11.5 Å². The molecular formula is C12H14O5S. The number of ether oxygens (including phenoxy) is 2. The standard InChI is InChI=1S/C12H14O5S/c1-18(14,15)7-6-9(13)12-8-16-10-4-2-3-5-11(10)17-12/h2-5,12H,6-8H2,1H3. The molecule has 0 saturated heterocycles. The molecule has 0 bridgehead atoms. The summed E-state index contributed by atoms with van der Waals surface area (Å²) in [7, 11) is -3.14. The van der Waals surface area contributed by atoms with Crippen LogP contribution < -0.4 is 9.47 Å². The molecular weight excluding hydrogens is 256 g/mol. The first-order valence-electron chi connectivity index (χ1n) is 5.54. The van der Waals surface area contributed by atoms with Crippen LogP contribution in [0.5, 0.6) is 11.5 Å². The van der Waals surface area contributed by atoms with Crippen LogP contribution >= 0.6 is 0 Å². The van der Waals surface area contributed by atoms with Crippen molar-refractivity contribution >= 4 is 15.6 Å². The van der Waals surface area contributed by atoms with Crippen LogP contribution in [0.4, 0.5) is 0 Å². The van der Waals surface area contributed by atoms with Crippen molar-refractivity contribution in [3.05, 3.63) is 24.3 Å². The zero-order valence-electron chi connectivity index (χ0n) is 9.96. The second kappa shape index (κ2) is 4.97. The highest BCUT2D eigenvalue weighted by Crippen LogP contribution is 2.31. The number of para-hydroxylation sites is 2. The zero-order chi connectivity index (χ0) is 13.2. The van der Waals surface area contributed by atoms with E-state index < -0.39 is 15.9 Å². The molecule has 0 N–H and O–H groups in total. The smallest absolute Gasteiger partial charge is 0.190 e. The van der Waals surface area contributed by atoms with Gasteiger partial charge in [0.15, 0.2) is 23.4 Å². The normalized spacial score (nSPS) is 18.4. The quantitative estimate of drug-likeness (QED) is 0.810. The van der Waals surface area contributed by atoms with E-state index in [4.69, 9.17) is 9.47 Å². The molecule has 0 aromatic heterocycles. The van der Waals surface area contributed by atoms with Crippen LogP contribution in [-0.4, -0.2) is 38.9 Å². The van der Waals surface area contributed by atoms with E-state index >= 15 is 0 Å². The minimum Gasteiger partial charge on any atom is -0.485 e. The lowest BCUT2D eigenvalue weighted by Crippen LogP contribution is -2.37. The van der Waals surface area contributed by atoms with Crippen LogP contribution in [0, 0.1) is 0 Å². The van der Waals surface area contributed by atoms with Gasteiger partial charge in [-0.3, -0.25) is 4.79 Å². The number of sulfone groups is 1. The van der Waals surface area contributed by atoms with Crippen LogP contribution in [-0.2, 0) is 14.6 Å². The molecule has 0 fully saturated rings. The Morgan fingerprint density at radius 1 is 1.33 bits per heavy atom.